The van der Waals surface area contributed by atoms with Crippen molar-refractivity contribution >= 4 is 21.6 Å². The van der Waals surface area contributed by atoms with Crippen LogP contribution in [0.2, 0.25) is 0 Å². The van der Waals surface area contributed by atoms with Crippen LogP contribution in [0.4, 0.5) is 5.69 Å². The van der Waals surface area contributed by atoms with Crippen molar-refractivity contribution in [2.24, 2.45) is 0 Å². The number of unbranched alkanes of at least 4 members (excludes halogenated alkanes) is 1. The Morgan fingerprint density at radius 3 is 2.90 bits per heavy atom. The van der Waals surface area contributed by atoms with Crippen molar-refractivity contribution in [1.29, 1.82) is 0 Å². The number of hydrogen-bond donors (Lipinski definition) is 2. The molecule has 0 amide bonds. The standard InChI is InChI=1S/C14H23BrN4O/c1-2-3-9-19-14(20)13(15)12(10-18-19)17-8-4-7-16-11-5-6-11/h10-11,16-17H,2-9H2,1H3. The second-order valence-corrected chi connectivity index (χ2v) is 6.06. The van der Waals surface area contributed by atoms with Crippen molar-refractivity contribution in [1.82, 2.24) is 15.1 Å². The van der Waals surface area contributed by atoms with E-state index < -0.39 is 0 Å². The lowest BCUT2D eigenvalue weighted by atomic mass is 10.3. The molecule has 0 bridgehead atoms. The summed E-state index contributed by atoms with van der Waals surface area (Å²) in [5.41, 5.74) is 0.730. The lowest BCUT2D eigenvalue weighted by Crippen LogP contribution is -2.25. The van der Waals surface area contributed by atoms with Gasteiger partial charge in [-0.1, -0.05) is 13.3 Å². The average Bonchev–Trinajstić information content (AvgIpc) is 3.26. The molecule has 2 rings (SSSR count). The number of rotatable bonds is 9. The van der Waals surface area contributed by atoms with Gasteiger partial charge in [-0.3, -0.25) is 4.79 Å². The fraction of sp³-hybridized carbons (Fsp3) is 0.714. The van der Waals surface area contributed by atoms with Gasteiger partial charge in [0.1, 0.15) is 4.47 Å². The number of halogens is 1. The minimum atomic E-state index is -0.0560. The Balaban J connectivity index is 1.81. The molecule has 0 saturated heterocycles. The minimum Gasteiger partial charge on any atom is -0.383 e. The molecule has 20 heavy (non-hydrogen) atoms. The van der Waals surface area contributed by atoms with Gasteiger partial charge in [0.05, 0.1) is 11.9 Å². The van der Waals surface area contributed by atoms with Crippen LogP contribution in [-0.2, 0) is 6.54 Å². The molecule has 1 aliphatic rings. The third kappa shape index (κ3) is 4.59. The summed E-state index contributed by atoms with van der Waals surface area (Å²) < 4.78 is 2.10. The van der Waals surface area contributed by atoms with Gasteiger partial charge in [-0.2, -0.15) is 5.10 Å². The van der Waals surface area contributed by atoms with Crippen molar-refractivity contribution < 1.29 is 0 Å². The van der Waals surface area contributed by atoms with Gasteiger partial charge >= 0.3 is 0 Å². The fourth-order valence-corrected chi connectivity index (χ4v) is 2.41. The Kier molecular flexibility index (Phi) is 6.04. The van der Waals surface area contributed by atoms with E-state index in [2.05, 4.69) is 38.6 Å². The van der Waals surface area contributed by atoms with Crippen LogP contribution in [0.5, 0.6) is 0 Å². The maximum absolute atomic E-state index is 12.1. The van der Waals surface area contributed by atoms with Crippen LogP contribution in [0.15, 0.2) is 15.5 Å². The molecule has 112 valence electrons. The Bertz CT molecular complexity index is 485. The van der Waals surface area contributed by atoms with E-state index in [4.69, 9.17) is 0 Å². The number of aromatic nitrogens is 2. The lowest BCUT2D eigenvalue weighted by molar-refractivity contribution is 0.541. The van der Waals surface area contributed by atoms with Gasteiger partial charge in [-0.25, -0.2) is 4.68 Å². The minimum absolute atomic E-state index is 0.0560. The highest BCUT2D eigenvalue weighted by Crippen LogP contribution is 2.18. The number of nitrogens with one attached hydrogen (secondary N) is 2. The van der Waals surface area contributed by atoms with Gasteiger partial charge in [0.2, 0.25) is 0 Å². The average molecular weight is 343 g/mol. The first-order chi connectivity index (χ1) is 9.72. The molecular formula is C14H23BrN4O. The van der Waals surface area contributed by atoms with Gasteiger partial charge in [0, 0.05) is 19.1 Å². The molecule has 1 aromatic rings. The summed E-state index contributed by atoms with van der Waals surface area (Å²) in [4.78, 5) is 12.1. The van der Waals surface area contributed by atoms with Crippen LogP contribution >= 0.6 is 15.9 Å². The second kappa shape index (κ2) is 7.78. The van der Waals surface area contributed by atoms with Crippen molar-refractivity contribution in [2.75, 3.05) is 18.4 Å². The van der Waals surface area contributed by atoms with Crippen molar-refractivity contribution in [3.8, 4) is 0 Å². The first-order valence-electron chi connectivity index (χ1n) is 7.45. The Labute approximate surface area is 128 Å². The highest BCUT2D eigenvalue weighted by Gasteiger charge is 2.19. The molecule has 0 unspecified atom stereocenters. The highest BCUT2D eigenvalue weighted by atomic mass is 79.9. The second-order valence-electron chi connectivity index (χ2n) is 5.26. The predicted octanol–water partition coefficient (Wildman–Crippen LogP) is 2.36. The van der Waals surface area contributed by atoms with Crippen LogP contribution in [0.3, 0.4) is 0 Å². The maximum Gasteiger partial charge on any atom is 0.283 e. The molecule has 1 saturated carbocycles. The normalized spacial score (nSPS) is 14.5. The van der Waals surface area contributed by atoms with Gasteiger partial charge in [0.15, 0.2) is 0 Å². The van der Waals surface area contributed by atoms with Crippen LogP contribution in [0.25, 0.3) is 0 Å². The molecule has 1 aliphatic carbocycles. The van der Waals surface area contributed by atoms with Crippen molar-refractivity contribution in [3.05, 3.63) is 21.0 Å². The van der Waals surface area contributed by atoms with Gasteiger partial charge < -0.3 is 10.6 Å². The van der Waals surface area contributed by atoms with Crippen LogP contribution in [-0.4, -0.2) is 28.9 Å². The first kappa shape index (κ1) is 15.5. The molecular weight excluding hydrogens is 320 g/mol. The number of hydrogen-bond acceptors (Lipinski definition) is 4. The molecule has 0 aromatic carbocycles. The van der Waals surface area contributed by atoms with E-state index in [1.165, 1.54) is 17.5 Å². The van der Waals surface area contributed by atoms with E-state index in [9.17, 15) is 4.79 Å². The quantitative estimate of drug-likeness (QED) is 0.676. The van der Waals surface area contributed by atoms with Gasteiger partial charge in [-0.05, 0) is 48.2 Å². The van der Waals surface area contributed by atoms with E-state index in [0.29, 0.717) is 11.0 Å². The summed E-state index contributed by atoms with van der Waals surface area (Å²) >= 11 is 3.37. The van der Waals surface area contributed by atoms with Crippen LogP contribution in [0.1, 0.15) is 39.0 Å². The summed E-state index contributed by atoms with van der Waals surface area (Å²) in [5, 5.41) is 10.9. The van der Waals surface area contributed by atoms with Gasteiger partial charge in [0.25, 0.3) is 5.56 Å². The molecule has 6 heteroatoms. The third-order valence-electron chi connectivity index (χ3n) is 3.39. The van der Waals surface area contributed by atoms with Gasteiger partial charge in [-0.15, -0.1) is 0 Å². The van der Waals surface area contributed by atoms with Crippen molar-refractivity contribution in [3.63, 3.8) is 0 Å². The molecule has 5 nitrogen and oxygen atoms in total. The molecule has 0 atom stereocenters. The summed E-state index contributed by atoms with van der Waals surface area (Å²) in [7, 11) is 0. The fourth-order valence-electron chi connectivity index (χ4n) is 1.96. The number of nitrogens with zero attached hydrogens (tertiary/aromatic N) is 2. The summed E-state index contributed by atoms with van der Waals surface area (Å²) in [6, 6.07) is 0.755. The zero-order chi connectivity index (χ0) is 14.4. The summed E-state index contributed by atoms with van der Waals surface area (Å²) in [5.74, 6) is 0. The Morgan fingerprint density at radius 2 is 2.20 bits per heavy atom. The smallest absolute Gasteiger partial charge is 0.283 e. The van der Waals surface area contributed by atoms with E-state index >= 15 is 0 Å². The molecule has 0 spiro atoms. The Hall–Kier alpha value is -0.880. The molecule has 1 heterocycles. The first-order valence-corrected chi connectivity index (χ1v) is 8.24. The molecule has 2 N–H and O–H groups in total. The lowest BCUT2D eigenvalue weighted by Gasteiger charge is -2.10. The molecule has 1 aromatic heterocycles. The number of anilines is 1. The molecule has 0 aliphatic heterocycles. The number of aryl methyl sites for hydroxylation is 1. The van der Waals surface area contributed by atoms with Crippen LogP contribution < -0.4 is 16.2 Å². The SMILES string of the molecule is CCCCn1ncc(NCCCNC2CC2)c(Br)c1=O. The zero-order valence-corrected chi connectivity index (χ0v) is 13.6. The maximum atomic E-state index is 12.1. The van der Waals surface area contributed by atoms with E-state index in [1.54, 1.807) is 6.20 Å². The topological polar surface area (TPSA) is 59.0 Å². The van der Waals surface area contributed by atoms with E-state index in [1.807, 2.05) is 0 Å². The third-order valence-corrected chi connectivity index (χ3v) is 4.15. The predicted molar refractivity (Wildman–Crippen MR) is 85.2 cm³/mol. The van der Waals surface area contributed by atoms with E-state index in [0.717, 1.165) is 44.1 Å². The Morgan fingerprint density at radius 1 is 1.40 bits per heavy atom. The highest BCUT2D eigenvalue weighted by molar-refractivity contribution is 9.10. The summed E-state index contributed by atoms with van der Waals surface area (Å²) in [6.07, 6.45) is 7.44. The van der Waals surface area contributed by atoms with E-state index in [-0.39, 0.29) is 5.56 Å². The molecule has 1 fully saturated rings. The summed E-state index contributed by atoms with van der Waals surface area (Å²) in [6.45, 7) is 4.65. The monoisotopic (exact) mass is 342 g/mol. The zero-order valence-electron chi connectivity index (χ0n) is 12.0. The molecule has 0 radical (unpaired) electrons. The van der Waals surface area contributed by atoms with Crippen LogP contribution in [0, 0.1) is 0 Å². The van der Waals surface area contributed by atoms with Crippen molar-refractivity contribution in [2.45, 2.75) is 51.6 Å². The largest absolute Gasteiger partial charge is 0.383 e.